The highest BCUT2D eigenvalue weighted by molar-refractivity contribution is 6.06. The van der Waals surface area contributed by atoms with Gasteiger partial charge in [-0.05, 0) is 36.6 Å². The van der Waals surface area contributed by atoms with Gasteiger partial charge in [0.15, 0.2) is 5.78 Å². The Morgan fingerprint density at radius 3 is 2.11 bits per heavy atom. The van der Waals surface area contributed by atoms with E-state index in [0.717, 1.165) is 11.1 Å². The summed E-state index contributed by atoms with van der Waals surface area (Å²) in [6, 6.07) is 15.5. The fourth-order valence-corrected chi connectivity index (χ4v) is 1.95. The first-order valence-corrected chi connectivity index (χ1v) is 6.02. The van der Waals surface area contributed by atoms with Gasteiger partial charge in [0.2, 0.25) is 0 Å². The largest absolute Gasteiger partial charge is 0.289 e. The van der Waals surface area contributed by atoms with Gasteiger partial charge in [0.25, 0.3) is 0 Å². The monoisotopic (exact) mass is 236 g/mol. The van der Waals surface area contributed by atoms with Crippen molar-refractivity contribution in [2.24, 2.45) is 0 Å². The lowest BCUT2D eigenvalue weighted by Gasteiger charge is -2.03. The zero-order valence-electron chi connectivity index (χ0n) is 10.7. The van der Waals surface area contributed by atoms with Gasteiger partial charge in [0.05, 0.1) is 0 Å². The number of carbonyl (C=O) groups is 1. The predicted molar refractivity (Wildman–Crippen MR) is 75.7 cm³/mol. The zero-order chi connectivity index (χ0) is 13.0. The number of hydrogen-bond acceptors (Lipinski definition) is 1. The number of ketones is 1. The summed E-state index contributed by atoms with van der Waals surface area (Å²) in [6.45, 7) is 4.11. The van der Waals surface area contributed by atoms with Crippen LogP contribution >= 0.6 is 0 Å². The van der Waals surface area contributed by atoms with Crippen LogP contribution in [-0.2, 0) is 0 Å². The molecule has 18 heavy (non-hydrogen) atoms. The number of carbonyl (C=O) groups excluding carboxylic acids is 1. The number of hydrogen-bond donors (Lipinski definition) is 0. The number of aryl methyl sites for hydroxylation is 2. The van der Waals surface area contributed by atoms with Crippen LogP contribution in [0.3, 0.4) is 0 Å². The summed E-state index contributed by atoms with van der Waals surface area (Å²) in [7, 11) is 0. The van der Waals surface area contributed by atoms with Crippen LogP contribution in [0.1, 0.15) is 27.0 Å². The molecule has 2 aromatic carbocycles. The van der Waals surface area contributed by atoms with Crippen LogP contribution < -0.4 is 0 Å². The molecule has 0 fully saturated rings. The van der Waals surface area contributed by atoms with Gasteiger partial charge in [0, 0.05) is 5.56 Å². The average Bonchev–Trinajstić information content (AvgIpc) is 2.39. The summed E-state index contributed by atoms with van der Waals surface area (Å²) in [5.41, 5.74) is 4.22. The van der Waals surface area contributed by atoms with E-state index < -0.39 is 0 Å². The van der Waals surface area contributed by atoms with Gasteiger partial charge >= 0.3 is 0 Å². The molecule has 0 saturated carbocycles. The van der Waals surface area contributed by atoms with Crippen LogP contribution in [0.4, 0.5) is 0 Å². The highest BCUT2D eigenvalue weighted by Gasteiger charge is 2.01. The second-order valence-corrected chi connectivity index (χ2v) is 4.37. The Hall–Kier alpha value is -2.15. The second kappa shape index (κ2) is 5.46. The number of rotatable bonds is 3. The Labute approximate surface area is 108 Å². The first-order chi connectivity index (χ1) is 8.68. The van der Waals surface area contributed by atoms with Gasteiger partial charge in [-0.2, -0.15) is 0 Å². The molecule has 0 N–H and O–H groups in total. The molecule has 0 aromatic heterocycles. The maximum Gasteiger partial charge on any atom is 0.185 e. The first kappa shape index (κ1) is 12.3. The quantitative estimate of drug-likeness (QED) is 0.576. The zero-order valence-corrected chi connectivity index (χ0v) is 10.7. The minimum absolute atomic E-state index is 0.0400. The first-order valence-electron chi connectivity index (χ1n) is 6.02. The summed E-state index contributed by atoms with van der Waals surface area (Å²) in [5, 5.41) is 0. The van der Waals surface area contributed by atoms with Gasteiger partial charge in [-0.15, -0.1) is 0 Å². The lowest BCUT2D eigenvalue weighted by molar-refractivity contribution is 0.104. The predicted octanol–water partition coefficient (Wildman–Crippen LogP) is 4.20. The SMILES string of the molecule is Cc1cccc(C)c1C=CC(=O)c1ccccc1. The minimum Gasteiger partial charge on any atom is -0.289 e. The van der Waals surface area contributed by atoms with Crippen molar-refractivity contribution in [3.63, 3.8) is 0 Å². The molecule has 2 aromatic rings. The Balaban J connectivity index is 2.24. The van der Waals surface area contributed by atoms with Crippen molar-refractivity contribution in [3.05, 3.63) is 76.9 Å². The van der Waals surface area contributed by atoms with E-state index in [1.54, 1.807) is 6.08 Å². The molecule has 0 radical (unpaired) electrons. The lowest BCUT2D eigenvalue weighted by Crippen LogP contribution is -1.93. The minimum atomic E-state index is 0.0400. The topological polar surface area (TPSA) is 17.1 Å². The maximum absolute atomic E-state index is 12.0. The molecule has 0 spiro atoms. The molecule has 1 heteroatoms. The van der Waals surface area contributed by atoms with E-state index in [1.165, 1.54) is 11.1 Å². The third-order valence-corrected chi connectivity index (χ3v) is 3.00. The summed E-state index contributed by atoms with van der Waals surface area (Å²) >= 11 is 0. The smallest absolute Gasteiger partial charge is 0.185 e. The van der Waals surface area contributed by atoms with Gasteiger partial charge in [-0.25, -0.2) is 0 Å². The lowest BCUT2D eigenvalue weighted by atomic mass is 10.0. The van der Waals surface area contributed by atoms with Crippen LogP contribution in [-0.4, -0.2) is 5.78 Å². The highest BCUT2D eigenvalue weighted by Crippen LogP contribution is 2.15. The molecular weight excluding hydrogens is 220 g/mol. The van der Waals surface area contributed by atoms with E-state index in [9.17, 15) is 4.79 Å². The Bertz CT molecular complexity index is 560. The average molecular weight is 236 g/mol. The van der Waals surface area contributed by atoms with Gasteiger partial charge < -0.3 is 0 Å². The van der Waals surface area contributed by atoms with Crippen LogP contribution in [0, 0.1) is 13.8 Å². The molecule has 0 aliphatic rings. The maximum atomic E-state index is 12.0. The van der Waals surface area contributed by atoms with Crippen molar-refractivity contribution in [2.45, 2.75) is 13.8 Å². The fourth-order valence-electron chi connectivity index (χ4n) is 1.95. The molecule has 90 valence electrons. The van der Waals surface area contributed by atoms with E-state index in [0.29, 0.717) is 0 Å². The van der Waals surface area contributed by atoms with Gasteiger partial charge in [-0.1, -0.05) is 54.6 Å². The van der Waals surface area contributed by atoms with Gasteiger partial charge in [-0.3, -0.25) is 4.79 Å². The molecule has 0 amide bonds. The second-order valence-electron chi connectivity index (χ2n) is 4.37. The third-order valence-electron chi connectivity index (χ3n) is 3.00. The molecule has 0 aliphatic carbocycles. The molecule has 0 aliphatic heterocycles. The normalized spacial score (nSPS) is 10.8. The van der Waals surface area contributed by atoms with Crippen molar-refractivity contribution in [1.29, 1.82) is 0 Å². The van der Waals surface area contributed by atoms with E-state index in [1.807, 2.05) is 42.5 Å². The van der Waals surface area contributed by atoms with Crippen LogP contribution in [0.5, 0.6) is 0 Å². The van der Waals surface area contributed by atoms with Crippen LogP contribution in [0.25, 0.3) is 6.08 Å². The third kappa shape index (κ3) is 2.75. The van der Waals surface area contributed by atoms with Crippen molar-refractivity contribution in [1.82, 2.24) is 0 Å². The highest BCUT2D eigenvalue weighted by atomic mass is 16.1. The summed E-state index contributed by atoms with van der Waals surface area (Å²) in [4.78, 5) is 12.0. The Kier molecular flexibility index (Phi) is 3.73. The van der Waals surface area contributed by atoms with Crippen LogP contribution in [0.15, 0.2) is 54.6 Å². The Morgan fingerprint density at radius 2 is 1.50 bits per heavy atom. The van der Waals surface area contributed by atoms with Crippen molar-refractivity contribution in [2.75, 3.05) is 0 Å². The molecule has 0 bridgehead atoms. The van der Waals surface area contributed by atoms with E-state index in [2.05, 4.69) is 26.0 Å². The molecule has 1 nitrogen and oxygen atoms in total. The standard InChI is InChI=1S/C17H16O/c1-13-7-6-8-14(2)16(13)11-12-17(18)15-9-4-3-5-10-15/h3-12H,1-2H3. The summed E-state index contributed by atoms with van der Waals surface area (Å²) in [5.74, 6) is 0.0400. The number of allylic oxidation sites excluding steroid dienone is 1. The van der Waals surface area contributed by atoms with Crippen molar-refractivity contribution in [3.8, 4) is 0 Å². The summed E-state index contributed by atoms with van der Waals surface area (Å²) in [6.07, 6.45) is 3.55. The van der Waals surface area contributed by atoms with E-state index in [4.69, 9.17) is 0 Å². The molecular formula is C17H16O. The molecule has 0 unspecified atom stereocenters. The van der Waals surface area contributed by atoms with Crippen molar-refractivity contribution >= 4 is 11.9 Å². The molecule has 0 saturated heterocycles. The fraction of sp³-hybridized carbons (Fsp3) is 0.118. The molecule has 0 atom stereocenters. The van der Waals surface area contributed by atoms with E-state index in [-0.39, 0.29) is 5.78 Å². The van der Waals surface area contributed by atoms with Gasteiger partial charge in [0.1, 0.15) is 0 Å². The Morgan fingerprint density at radius 1 is 0.889 bits per heavy atom. The number of benzene rings is 2. The molecule has 0 heterocycles. The van der Waals surface area contributed by atoms with Crippen LogP contribution in [0.2, 0.25) is 0 Å². The molecule has 2 rings (SSSR count). The van der Waals surface area contributed by atoms with E-state index >= 15 is 0 Å². The summed E-state index contributed by atoms with van der Waals surface area (Å²) < 4.78 is 0. The van der Waals surface area contributed by atoms with Crippen molar-refractivity contribution < 1.29 is 4.79 Å².